The number of ether oxygens (including phenoxy) is 1. The van der Waals surface area contributed by atoms with Crippen LogP contribution in [0, 0.1) is 0 Å². The molecule has 1 atom stereocenters. The first-order valence-electron chi connectivity index (χ1n) is 8.33. The van der Waals surface area contributed by atoms with Crippen LogP contribution in [0.4, 0.5) is 11.6 Å². The van der Waals surface area contributed by atoms with Gasteiger partial charge in [0.25, 0.3) is 0 Å². The number of rotatable bonds is 7. The molecule has 3 aromatic rings. The van der Waals surface area contributed by atoms with E-state index in [0.717, 1.165) is 6.42 Å². The molecule has 9 nitrogen and oxygen atoms in total. The van der Waals surface area contributed by atoms with Crippen molar-refractivity contribution in [1.82, 2.24) is 19.9 Å². The number of nitrogens with two attached hydrogens (primary N) is 1. The molecular weight excluding hydrogens is 368 g/mol. The van der Waals surface area contributed by atoms with Gasteiger partial charge in [-0.15, -0.1) is 0 Å². The molecule has 0 saturated heterocycles. The van der Waals surface area contributed by atoms with Gasteiger partial charge in [0.2, 0.25) is 11.9 Å². The Hall–Kier alpha value is -3.01. The van der Waals surface area contributed by atoms with E-state index in [9.17, 15) is 9.90 Å². The number of hydrogen-bond acceptors (Lipinski definition) is 8. The molecule has 142 valence electrons. The number of H-pyrrole nitrogens is 1. The summed E-state index contributed by atoms with van der Waals surface area (Å²) in [4.78, 5) is 28.3. The molecule has 2 heterocycles. The Bertz CT molecular complexity index is 961. The Balaban J connectivity index is 1.84. The first-order valence-corrected chi connectivity index (χ1v) is 9.21. The fourth-order valence-corrected chi connectivity index (χ4v) is 3.75. The number of phenolic OH excluding ortho intramolecular Hbond substituents is 1. The number of nitrogens with zero attached hydrogens (tertiary/aromatic N) is 3. The number of carbonyl (C=O) groups excluding carboxylic acids is 1. The summed E-state index contributed by atoms with van der Waals surface area (Å²) < 4.78 is 5.22. The zero-order valence-electron chi connectivity index (χ0n) is 14.9. The van der Waals surface area contributed by atoms with Gasteiger partial charge >= 0.3 is 0 Å². The molecule has 1 aromatic carbocycles. The van der Waals surface area contributed by atoms with E-state index >= 15 is 0 Å². The third-order valence-corrected chi connectivity index (χ3v) is 5.06. The smallest absolute Gasteiger partial charge is 0.238 e. The minimum atomic E-state index is -0.408. The maximum absolute atomic E-state index is 12.9. The molecule has 2 aromatic heterocycles. The summed E-state index contributed by atoms with van der Waals surface area (Å²) in [6, 6.07) is 4.52. The number of aromatic amines is 1. The van der Waals surface area contributed by atoms with Crippen LogP contribution in [-0.2, 0) is 4.79 Å². The quantitative estimate of drug-likeness (QED) is 0.275. The minimum Gasteiger partial charge on any atom is -0.508 e. The van der Waals surface area contributed by atoms with Gasteiger partial charge in [-0.2, -0.15) is 4.98 Å². The van der Waals surface area contributed by atoms with E-state index in [1.165, 1.54) is 37.3 Å². The summed E-state index contributed by atoms with van der Waals surface area (Å²) in [7, 11) is 1.47. The third-order valence-electron chi connectivity index (χ3n) is 3.81. The number of phenols is 1. The van der Waals surface area contributed by atoms with Gasteiger partial charge in [0.05, 0.1) is 24.4 Å². The van der Waals surface area contributed by atoms with Crippen LogP contribution >= 0.6 is 11.8 Å². The highest BCUT2D eigenvalue weighted by Crippen LogP contribution is 2.33. The molecule has 0 aliphatic heterocycles. The number of methoxy groups -OCH3 is 1. The van der Waals surface area contributed by atoms with Crippen molar-refractivity contribution in [3.05, 3.63) is 24.5 Å². The van der Waals surface area contributed by atoms with E-state index in [4.69, 9.17) is 10.5 Å². The lowest BCUT2D eigenvalue weighted by atomic mass is 10.2. The Morgan fingerprint density at radius 2 is 2.26 bits per heavy atom. The van der Waals surface area contributed by atoms with Crippen LogP contribution in [0.15, 0.2) is 29.6 Å². The van der Waals surface area contributed by atoms with Gasteiger partial charge < -0.3 is 25.9 Å². The molecule has 1 amide bonds. The number of fused-ring (bicyclic) bond motifs is 1. The summed E-state index contributed by atoms with van der Waals surface area (Å²) in [6.45, 7) is 2.00. The van der Waals surface area contributed by atoms with Crippen LogP contribution in [0.3, 0.4) is 0 Å². The molecule has 0 spiro atoms. The fraction of sp³-hybridized carbons (Fsp3) is 0.294. The zero-order valence-corrected chi connectivity index (χ0v) is 15.7. The van der Waals surface area contributed by atoms with Crippen molar-refractivity contribution in [2.45, 2.75) is 30.0 Å². The second-order valence-corrected chi connectivity index (χ2v) is 6.95. The van der Waals surface area contributed by atoms with Crippen molar-refractivity contribution in [2.24, 2.45) is 0 Å². The molecule has 10 heteroatoms. The number of imidazole rings is 1. The normalized spacial score (nSPS) is 12.1. The highest BCUT2D eigenvalue weighted by atomic mass is 32.2. The molecular formula is C17H20N6O3S. The van der Waals surface area contributed by atoms with E-state index in [-0.39, 0.29) is 17.6 Å². The van der Waals surface area contributed by atoms with Crippen LogP contribution in [-0.4, -0.2) is 43.3 Å². The average Bonchev–Trinajstić information content (AvgIpc) is 3.11. The largest absolute Gasteiger partial charge is 0.508 e. The first-order chi connectivity index (χ1) is 13.0. The van der Waals surface area contributed by atoms with E-state index < -0.39 is 5.25 Å². The molecule has 0 saturated carbocycles. The highest BCUT2D eigenvalue weighted by molar-refractivity contribution is 8.00. The van der Waals surface area contributed by atoms with Gasteiger partial charge in [-0.05, 0) is 18.6 Å². The van der Waals surface area contributed by atoms with Crippen LogP contribution in [0.5, 0.6) is 11.5 Å². The third kappa shape index (κ3) is 4.22. The average molecular weight is 388 g/mol. The zero-order chi connectivity index (χ0) is 19.4. The number of aromatic nitrogens is 4. The standard InChI is InChI=1S/C17H20N6O3S/c1-3-4-12(15(25)21-10-6-5-9(24)7-11(10)26-2)27-16-13-14(20-8-19-13)22-17(18)23-16/h5-8,12,24H,3-4H2,1-2H3,(H,21,25)(H3,18,19,20,22,23)/t12-/m0/s1. The lowest BCUT2D eigenvalue weighted by Gasteiger charge is -2.17. The molecule has 5 N–H and O–H groups in total. The van der Waals surface area contributed by atoms with Gasteiger partial charge in [-0.1, -0.05) is 25.1 Å². The van der Waals surface area contributed by atoms with Crippen molar-refractivity contribution in [1.29, 1.82) is 0 Å². The monoisotopic (exact) mass is 388 g/mol. The topological polar surface area (TPSA) is 139 Å². The number of thioether (sulfide) groups is 1. The Labute approximate surface area is 159 Å². The van der Waals surface area contributed by atoms with E-state index in [0.29, 0.717) is 34.0 Å². The number of anilines is 2. The summed E-state index contributed by atoms with van der Waals surface area (Å²) in [5.41, 5.74) is 7.34. The number of nitrogen functional groups attached to an aromatic ring is 1. The van der Waals surface area contributed by atoms with Gasteiger partial charge in [0.1, 0.15) is 22.0 Å². The number of amides is 1. The lowest BCUT2D eigenvalue weighted by Crippen LogP contribution is -2.25. The van der Waals surface area contributed by atoms with E-state index in [2.05, 4.69) is 25.3 Å². The van der Waals surface area contributed by atoms with Crippen molar-refractivity contribution in [2.75, 3.05) is 18.2 Å². The molecule has 0 radical (unpaired) electrons. The molecule has 0 bridgehead atoms. The lowest BCUT2D eigenvalue weighted by molar-refractivity contribution is -0.115. The van der Waals surface area contributed by atoms with Crippen LogP contribution in [0.2, 0.25) is 0 Å². The van der Waals surface area contributed by atoms with Gasteiger partial charge in [0.15, 0.2) is 5.65 Å². The molecule has 0 unspecified atom stereocenters. The van der Waals surface area contributed by atoms with Crippen molar-refractivity contribution in [3.63, 3.8) is 0 Å². The maximum atomic E-state index is 12.9. The Kier molecular flexibility index (Phi) is 5.65. The van der Waals surface area contributed by atoms with Crippen molar-refractivity contribution < 1.29 is 14.6 Å². The SMILES string of the molecule is CCC[C@H](Sc1nc(N)nc2nc[nH]c12)C(=O)Nc1ccc(O)cc1OC. The predicted molar refractivity (Wildman–Crippen MR) is 104 cm³/mol. The molecule has 0 fully saturated rings. The van der Waals surface area contributed by atoms with E-state index in [1.807, 2.05) is 6.92 Å². The second kappa shape index (κ2) is 8.12. The number of nitrogens with one attached hydrogen (secondary N) is 2. The van der Waals surface area contributed by atoms with Crippen LogP contribution in [0.1, 0.15) is 19.8 Å². The number of benzene rings is 1. The Morgan fingerprint density at radius 1 is 1.44 bits per heavy atom. The Morgan fingerprint density at radius 3 is 3.00 bits per heavy atom. The molecule has 0 aliphatic rings. The summed E-state index contributed by atoms with van der Waals surface area (Å²) in [5.74, 6) is 0.344. The van der Waals surface area contributed by atoms with Crippen molar-refractivity contribution in [3.8, 4) is 11.5 Å². The summed E-state index contributed by atoms with van der Waals surface area (Å²) in [5, 5.41) is 12.6. The molecule has 0 aliphatic carbocycles. The predicted octanol–water partition coefficient (Wildman–Crippen LogP) is 2.55. The van der Waals surface area contributed by atoms with E-state index in [1.54, 1.807) is 6.07 Å². The van der Waals surface area contributed by atoms with Crippen LogP contribution < -0.4 is 15.8 Å². The number of hydrogen-bond donors (Lipinski definition) is 4. The maximum Gasteiger partial charge on any atom is 0.238 e. The number of aromatic hydroxyl groups is 1. The summed E-state index contributed by atoms with van der Waals surface area (Å²) in [6.07, 6.45) is 2.96. The first kappa shape index (κ1) is 18.8. The molecule has 27 heavy (non-hydrogen) atoms. The van der Waals surface area contributed by atoms with Gasteiger partial charge in [-0.3, -0.25) is 4.79 Å². The molecule has 3 rings (SSSR count). The van der Waals surface area contributed by atoms with Gasteiger partial charge in [-0.25, -0.2) is 9.97 Å². The van der Waals surface area contributed by atoms with Gasteiger partial charge in [0, 0.05) is 6.07 Å². The van der Waals surface area contributed by atoms with Crippen LogP contribution in [0.25, 0.3) is 11.2 Å². The fourth-order valence-electron chi connectivity index (χ4n) is 2.54. The second-order valence-electron chi connectivity index (χ2n) is 5.76. The highest BCUT2D eigenvalue weighted by Gasteiger charge is 2.23. The minimum absolute atomic E-state index is 0.0578. The summed E-state index contributed by atoms with van der Waals surface area (Å²) >= 11 is 1.30. The van der Waals surface area contributed by atoms with Crippen molar-refractivity contribution >= 4 is 40.5 Å². The number of carbonyl (C=O) groups is 1.